The summed E-state index contributed by atoms with van der Waals surface area (Å²) < 4.78 is 1.02. The largest absolute Gasteiger partial charge is 0.298 e. The lowest BCUT2D eigenvalue weighted by molar-refractivity contribution is 0.319. The lowest BCUT2D eigenvalue weighted by Crippen LogP contribution is -2.17. The fourth-order valence-electron chi connectivity index (χ4n) is 1.69. The predicted octanol–water partition coefficient (Wildman–Crippen LogP) is 4.80. The first-order valence-corrected chi connectivity index (χ1v) is 7.40. The fourth-order valence-corrected chi connectivity index (χ4v) is 3.08. The molecule has 0 aliphatic rings. The summed E-state index contributed by atoms with van der Waals surface area (Å²) in [5.74, 6) is 0. The quantitative estimate of drug-likeness (QED) is 0.778. The van der Waals surface area contributed by atoms with Crippen LogP contribution in [0.2, 0.25) is 5.02 Å². The Hall–Kier alpha value is -0.350. The number of hydrogen-bond donors (Lipinski definition) is 0. The van der Waals surface area contributed by atoms with Gasteiger partial charge in [0.05, 0.1) is 0 Å². The molecule has 4 heteroatoms. The van der Waals surface area contributed by atoms with Gasteiger partial charge in [0.2, 0.25) is 0 Å². The summed E-state index contributed by atoms with van der Waals surface area (Å²) in [6.45, 7) is 1.82. The van der Waals surface area contributed by atoms with Crippen molar-refractivity contribution in [1.29, 1.82) is 0 Å². The van der Waals surface area contributed by atoms with Crippen molar-refractivity contribution in [3.8, 4) is 0 Å². The van der Waals surface area contributed by atoms with Crippen LogP contribution >= 0.6 is 38.9 Å². The van der Waals surface area contributed by atoms with Gasteiger partial charge in [0.1, 0.15) is 0 Å². The third-order valence-electron chi connectivity index (χ3n) is 2.49. The van der Waals surface area contributed by atoms with Crippen molar-refractivity contribution in [2.45, 2.75) is 13.1 Å². The zero-order chi connectivity index (χ0) is 12.3. The standard InChI is InChI=1S/C13H13BrClNS/c1-16(7-10-4-5-17-9-10)8-11-2-3-12(14)6-13(11)15/h2-6,9H,7-8H2,1H3. The SMILES string of the molecule is CN(Cc1ccsc1)Cc1ccc(Br)cc1Cl. The molecule has 0 fully saturated rings. The van der Waals surface area contributed by atoms with E-state index in [1.165, 1.54) is 5.56 Å². The van der Waals surface area contributed by atoms with Crippen LogP contribution in [0.25, 0.3) is 0 Å². The van der Waals surface area contributed by atoms with Gasteiger partial charge in [-0.25, -0.2) is 0 Å². The molecule has 0 N–H and O–H groups in total. The van der Waals surface area contributed by atoms with E-state index in [0.29, 0.717) is 0 Å². The molecule has 0 atom stereocenters. The molecule has 1 heterocycles. The Balaban J connectivity index is 2.00. The van der Waals surface area contributed by atoms with E-state index in [1.54, 1.807) is 11.3 Å². The van der Waals surface area contributed by atoms with Gasteiger partial charge in [0.15, 0.2) is 0 Å². The van der Waals surface area contributed by atoms with E-state index < -0.39 is 0 Å². The van der Waals surface area contributed by atoms with Gasteiger partial charge in [0.25, 0.3) is 0 Å². The molecule has 0 saturated carbocycles. The minimum absolute atomic E-state index is 0.816. The molecule has 0 spiro atoms. The van der Waals surface area contributed by atoms with Crippen molar-refractivity contribution < 1.29 is 0 Å². The van der Waals surface area contributed by atoms with Crippen molar-refractivity contribution in [3.05, 3.63) is 55.6 Å². The van der Waals surface area contributed by atoms with Gasteiger partial charge in [-0.05, 0) is 47.1 Å². The minimum atomic E-state index is 0.816. The molecular weight excluding hydrogens is 318 g/mol. The van der Waals surface area contributed by atoms with Gasteiger partial charge in [-0.2, -0.15) is 11.3 Å². The van der Waals surface area contributed by atoms with Crippen LogP contribution in [-0.2, 0) is 13.1 Å². The average molecular weight is 331 g/mol. The molecule has 90 valence electrons. The highest BCUT2D eigenvalue weighted by Gasteiger charge is 2.06. The van der Waals surface area contributed by atoms with Crippen LogP contribution < -0.4 is 0 Å². The number of thiophene rings is 1. The number of rotatable bonds is 4. The van der Waals surface area contributed by atoms with E-state index in [9.17, 15) is 0 Å². The Morgan fingerprint density at radius 2 is 2.12 bits per heavy atom. The van der Waals surface area contributed by atoms with Gasteiger partial charge < -0.3 is 0 Å². The van der Waals surface area contributed by atoms with Crippen molar-refractivity contribution in [2.75, 3.05) is 7.05 Å². The van der Waals surface area contributed by atoms with E-state index in [0.717, 1.165) is 28.1 Å². The van der Waals surface area contributed by atoms with Crippen LogP contribution in [0.3, 0.4) is 0 Å². The van der Waals surface area contributed by atoms with E-state index in [1.807, 2.05) is 12.1 Å². The monoisotopic (exact) mass is 329 g/mol. The molecule has 1 aromatic heterocycles. The van der Waals surface area contributed by atoms with Crippen LogP contribution in [0.4, 0.5) is 0 Å². The first-order chi connectivity index (χ1) is 8.15. The highest BCUT2D eigenvalue weighted by atomic mass is 79.9. The van der Waals surface area contributed by atoms with Crippen LogP contribution in [0.5, 0.6) is 0 Å². The molecule has 0 saturated heterocycles. The van der Waals surface area contributed by atoms with Gasteiger partial charge in [0, 0.05) is 22.6 Å². The summed E-state index contributed by atoms with van der Waals surface area (Å²) in [7, 11) is 2.11. The minimum Gasteiger partial charge on any atom is -0.298 e. The summed E-state index contributed by atoms with van der Waals surface area (Å²) in [5, 5.41) is 5.10. The molecule has 0 bridgehead atoms. The molecule has 0 aliphatic carbocycles. The highest BCUT2D eigenvalue weighted by molar-refractivity contribution is 9.10. The molecule has 1 nitrogen and oxygen atoms in total. The lowest BCUT2D eigenvalue weighted by Gasteiger charge is -2.16. The summed E-state index contributed by atoms with van der Waals surface area (Å²) in [5.41, 5.74) is 2.51. The summed E-state index contributed by atoms with van der Waals surface area (Å²) in [6.07, 6.45) is 0. The summed E-state index contributed by atoms with van der Waals surface area (Å²) in [6, 6.07) is 8.19. The molecule has 17 heavy (non-hydrogen) atoms. The molecular formula is C13H13BrClNS. The second kappa shape index (κ2) is 6.01. The third-order valence-corrected chi connectivity index (χ3v) is 4.07. The molecule has 2 rings (SSSR count). The van der Waals surface area contributed by atoms with Crippen LogP contribution in [0.1, 0.15) is 11.1 Å². The van der Waals surface area contributed by atoms with Crippen LogP contribution in [0, 0.1) is 0 Å². The second-order valence-electron chi connectivity index (χ2n) is 4.04. The van der Waals surface area contributed by atoms with Crippen molar-refractivity contribution >= 4 is 38.9 Å². The van der Waals surface area contributed by atoms with Crippen LogP contribution in [-0.4, -0.2) is 11.9 Å². The Morgan fingerprint density at radius 1 is 1.29 bits per heavy atom. The lowest BCUT2D eigenvalue weighted by atomic mass is 10.2. The predicted molar refractivity (Wildman–Crippen MR) is 78.6 cm³/mol. The van der Waals surface area contributed by atoms with Crippen LogP contribution in [0.15, 0.2) is 39.5 Å². The molecule has 0 radical (unpaired) electrons. The van der Waals surface area contributed by atoms with E-state index in [2.05, 4.69) is 50.8 Å². The topological polar surface area (TPSA) is 3.24 Å². The number of benzene rings is 1. The maximum Gasteiger partial charge on any atom is 0.0462 e. The third kappa shape index (κ3) is 3.81. The molecule has 0 unspecified atom stereocenters. The van der Waals surface area contributed by atoms with Gasteiger partial charge in [-0.3, -0.25) is 4.90 Å². The van der Waals surface area contributed by atoms with E-state index >= 15 is 0 Å². The van der Waals surface area contributed by atoms with Gasteiger partial charge >= 0.3 is 0 Å². The zero-order valence-corrected chi connectivity index (χ0v) is 12.6. The summed E-state index contributed by atoms with van der Waals surface area (Å²) >= 11 is 11.3. The highest BCUT2D eigenvalue weighted by Crippen LogP contribution is 2.22. The first kappa shape index (κ1) is 13.1. The van der Waals surface area contributed by atoms with Crippen molar-refractivity contribution in [3.63, 3.8) is 0 Å². The fraction of sp³-hybridized carbons (Fsp3) is 0.231. The summed E-state index contributed by atoms with van der Waals surface area (Å²) in [4.78, 5) is 2.26. The molecule has 2 aromatic rings. The maximum absolute atomic E-state index is 6.20. The maximum atomic E-state index is 6.20. The Labute approximate surface area is 119 Å². The normalized spacial score (nSPS) is 11.1. The van der Waals surface area contributed by atoms with Gasteiger partial charge in [-0.15, -0.1) is 0 Å². The van der Waals surface area contributed by atoms with Crippen molar-refractivity contribution in [2.24, 2.45) is 0 Å². The van der Waals surface area contributed by atoms with E-state index in [-0.39, 0.29) is 0 Å². The average Bonchev–Trinajstić information content (AvgIpc) is 2.75. The van der Waals surface area contributed by atoms with Gasteiger partial charge in [-0.1, -0.05) is 33.6 Å². The first-order valence-electron chi connectivity index (χ1n) is 5.28. The Bertz CT molecular complexity index is 484. The number of hydrogen-bond acceptors (Lipinski definition) is 2. The number of nitrogens with zero attached hydrogens (tertiary/aromatic N) is 1. The Kier molecular flexibility index (Phi) is 4.62. The molecule has 0 amide bonds. The Morgan fingerprint density at radius 3 is 2.76 bits per heavy atom. The van der Waals surface area contributed by atoms with Crippen molar-refractivity contribution in [1.82, 2.24) is 4.90 Å². The molecule has 1 aromatic carbocycles. The zero-order valence-electron chi connectivity index (χ0n) is 9.49. The van der Waals surface area contributed by atoms with E-state index in [4.69, 9.17) is 11.6 Å². The molecule has 0 aliphatic heterocycles. The second-order valence-corrected chi connectivity index (χ2v) is 6.14. The number of halogens is 2. The smallest absolute Gasteiger partial charge is 0.0462 e.